The van der Waals surface area contributed by atoms with Crippen LogP contribution in [0.15, 0.2) is 21.6 Å². The number of sulfonamides is 1. The SMILES string of the molecule is CNC(=O)C(CC(C)C)NC(=O)c1ccc(S(=O)(=O)NC(C)(C)C)o1. The van der Waals surface area contributed by atoms with E-state index < -0.39 is 27.5 Å². The van der Waals surface area contributed by atoms with Crippen LogP contribution in [0.25, 0.3) is 0 Å². The first kappa shape index (κ1) is 21.2. The molecular formula is C16H27N3O5S. The van der Waals surface area contributed by atoms with Crippen molar-refractivity contribution in [3.8, 4) is 0 Å². The molecule has 1 aromatic heterocycles. The van der Waals surface area contributed by atoms with Gasteiger partial charge in [0.05, 0.1) is 0 Å². The minimum absolute atomic E-state index is 0.174. The van der Waals surface area contributed by atoms with Crippen molar-refractivity contribution < 1.29 is 22.4 Å². The third-order valence-electron chi connectivity index (χ3n) is 3.09. The summed E-state index contributed by atoms with van der Waals surface area (Å²) in [4.78, 5) is 24.2. The van der Waals surface area contributed by atoms with Crippen LogP contribution >= 0.6 is 0 Å². The highest BCUT2D eigenvalue weighted by atomic mass is 32.2. The van der Waals surface area contributed by atoms with Gasteiger partial charge < -0.3 is 15.1 Å². The molecule has 8 nitrogen and oxygen atoms in total. The number of amides is 2. The molecule has 0 aliphatic carbocycles. The van der Waals surface area contributed by atoms with E-state index in [-0.39, 0.29) is 22.7 Å². The first-order chi connectivity index (χ1) is 11.4. The fourth-order valence-electron chi connectivity index (χ4n) is 2.15. The maximum absolute atomic E-state index is 12.3. The molecule has 1 rings (SSSR count). The van der Waals surface area contributed by atoms with E-state index in [4.69, 9.17) is 4.42 Å². The molecule has 0 spiro atoms. The molecule has 142 valence electrons. The van der Waals surface area contributed by atoms with E-state index >= 15 is 0 Å². The average molecular weight is 373 g/mol. The van der Waals surface area contributed by atoms with Gasteiger partial charge in [-0.2, -0.15) is 0 Å². The first-order valence-corrected chi connectivity index (χ1v) is 9.50. The Bertz CT molecular complexity index is 716. The number of rotatable bonds is 7. The molecule has 1 heterocycles. The lowest BCUT2D eigenvalue weighted by molar-refractivity contribution is -0.122. The van der Waals surface area contributed by atoms with Crippen LogP contribution in [-0.4, -0.2) is 38.9 Å². The second-order valence-electron chi connectivity index (χ2n) is 7.24. The number of likely N-dealkylation sites (N-methyl/N-ethyl adjacent to an activating group) is 1. The maximum Gasteiger partial charge on any atom is 0.287 e. The topological polar surface area (TPSA) is 118 Å². The first-order valence-electron chi connectivity index (χ1n) is 8.02. The van der Waals surface area contributed by atoms with Gasteiger partial charge in [0, 0.05) is 12.6 Å². The molecule has 0 radical (unpaired) electrons. The van der Waals surface area contributed by atoms with Gasteiger partial charge in [0.1, 0.15) is 6.04 Å². The second-order valence-corrected chi connectivity index (χ2v) is 8.86. The summed E-state index contributed by atoms with van der Waals surface area (Å²) in [5, 5.41) is 4.71. The lowest BCUT2D eigenvalue weighted by atomic mass is 10.0. The van der Waals surface area contributed by atoms with E-state index in [9.17, 15) is 18.0 Å². The minimum atomic E-state index is -3.88. The Morgan fingerprint density at radius 2 is 1.80 bits per heavy atom. The normalized spacial score (nSPS) is 13.6. The summed E-state index contributed by atoms with van der Waals surface area (Å²) in [6.07, 6.45) is 0.447. The number of carbonyl (C=O) groups is 2. The van der Waals surface area contributed by atoms with Crippen molar-refractivity contribution in [2.45, 2.75) is 57.7 Å². The second kappa shape index (κ2) is 8.01. The molecular weight excluding hydrogens is 346 g/mol. The van der Waals surface area contributed by atoms with Gasteiger partial charge in [-0.05, 0) is 45.2 Å². The monoisotopic (exact) mass is 373 g/mol. The van der Waals surface area contributed by atoms with Gasteiger partial charge in [-0.15, -0.1) is 0 Å². The van der Waals surface area contributed by atoms with Gasteiger partial charge >= 0.3 is 0 Å². The molecule has 0 saturated heterocycles. The lowest BCUT2D eigenvalue weighted by Gasteiger charge is -2.19. The zero-order chi connectivity index (χ0) is 19.4. The van der Waals surface area contributed by atoms with Crippen LogP contribution in [0.4, 0.5) is 0 Å². The van der Waals surface area contributed by atoms with Crippen molar-refractivity contribution in [1.29, 1.82) is 0 Å². The Labute approximate surface area is 148 Å². The van der Waals surface area contributed by atoms with Crippen LogP contribution < -0.4 is 15.4 Å². The van der Waals surface area contributed by atoms with Crippen molar-refractivity contribution >= 4 is 21.8 Å². The zero-order valence-corrected chi connectivity index (χ0v) is 16.3. The molecule has 0 fully saturated rings. The molecule has 9 heteroatoms. The fourth-order valence-corrected chi connectivity index (χ4v) is 3.50. The molecule has 3 N–H and O–H groups in total. The Balaban J connectivity index is 2.94. The summed E-state index contributed by atoms with van der Waals surface area (Å²) in [6, 6.07) is 1.75. The Kier molecular flexibility index (Phi) is 6.78. The van der Waals surface area contributed by atoms with Crippen LogP contribution in [0.5, 0.6) is 0 Å². The molecule has 25 heavy (non-hydrogen) atoms. The predicted octanol–water partition coefficient (Wildman–Crippen LogP) is 1.25. The fraction of sp³-hybridized carbons (Fsp3) is 0.625. The summed E-state index contributed by atoms with van der Waals surface area (Å²) < 4.78 is 32.0. The van der Waals surface area contributed by atoms with E-state index in [1.807, 2.05) is 13.8 Å². The quantitative estimate of drug-likeness (QED) is 0.665. The minimum Gasteiger partial charge on any atom is -0.438 e. The molecule has 0 bridgehead atoms. The van der Waals surface area contributed by atoms with Crippen LogP contribution in [0, 0.1) is 5.92 Å². The van der Waals surface area contributed by atoms with Crippen LogP contribution in [-0.2, 0) is 14.8 Å². The summed E-state index contributed by atoms with van der Waals surface area (Å²) in [6.45, 7) is 8.94. The molecule has 1 aromatic rings. The summed E-state index contributed by atoms with van der Waals surface area (Å²) in [5.41, 5.74) is -0.685. The molecule has 0 aliphatic heterocycles. The van der Waals surface area contributed by atoms with Crippen LogP contribution in [0.3, 0.4) is 0 Å². The summed E-state index contributed by atoms with van der Waals surface area (Å²) in [7, 11) is -2.39. The van der Waals surface area contributed by atoms with Gasteiger partial charge in [0.25, 0.3) is 15.9 Å². The van der Waals surface area contributed by atoms with Crippen molar-refractivity contribution in [2.75, 3.05) is 7.05 Å². The van der Waals surface area contributed by atoms with Gasteiger partial charge in [-0.25, -0.2) is 13.1 Å². The number of hydrogen-bond acceptors (Lipinski definition) is 5. The summed E-state index contributed by atoms with van der Waals surface area (Å²) >= 11 is 0. The number of furan rings is 1. The highest BCUT2D eigenvalue weighted by Crippen LogP contribution is 2.17. The third-order valence-corrected chi connectivity index (χ3v) is 4.72. The zero-order valence-electron chi connectivity index (χ0n) is 15.5. The maximum atomic E-state index is 12.3. The van der Waals surface area contributed by atoms with E-state index in [2.05, 4.69) is 15.4 Å². The Morgan fingerprint density at radius 1 is 1.20 bits per heavy atom. The number of hydrogen-bond donors (Lipinski definition) is 3. The lowest BCUT2D eigenvalue weighted by Crippen LogP contribution is -2.46. The highest BCUT2D eigenvalue weighted by molar-refractivity contribution is 7.89. The number of carbonyl (C=O) groups excluding carboxylic acids is 2. The smallest absolute Gasteiger partial charge is 0.287 e. The van der Waals surface area contributed by atoms with Gasteiger partial charge in [-0.1, -0.05) is 13.8 Å². The molecule has 2 amide bonds. The molecule has 0 aliphatic rings. The number of nitrogens with one attached hydrogen (secondary N) is 3. The molecule has 1 unspecified atom stereocenters. The van der Waals surface area contributed by atoms with E-state index in [0.29, 0.717) is 6.42 Å². The predicted molar refractivity (Wildman–Crippen MR) is 93.6 cm³/mol. The van der Waals surface area contributed by atoms with Gasteiger partial charge in [0.15, 0.2) is 5.76 Å². The highest BCUT2D eigenvalue weighted by Gasteiger charge is 2.27. The molecule has 1 atom stereocenters. The average Bonchev–Trinajstić information content (AvgIpc) is 2.93. The summed E-state index contributed by atoms with van der Waals surface area (Å²) in [5.74, 6) is -0.958. The molecule has 0 saturated carbocycles. The van der Waals surface area contributed by atoms with Crippen LogP contribution in [0.2, 0.25) is 0 Å². The van der Waals surface area contributed by atoms with Gasteiger partial charge in [-0.3, -0.25) is 9.59 Å². The van der Waals surface area contributed by atoms with Crippen molar-refractivity contribution in [2.24, 2.45) is 5.92 Å². The Morgan fingerprint density at radius 3 is 2.28 bits per heavy atom. The van der Waals surface area contributed by atoms with E-state index in [1.54, 1.807) is 20.8 Å². The van der Waals surface area contributed by atoms with Crippen molar-refractivity contribution in [3.63, 3.8) is 0 Å². The van der Waals surface area contributed by atoms with Crippen LogP contribution in [0.1, 0.15) is 51.6 Å². The van der Waals surface area contributed by atoms with Crippen molar-refractivity contribution in [1.82, 2.24) is 15.4 Å². The van der Waals surface area contributed by atoms with E-state index in [0.717, 1.165) is 0 Å². The Hall–Kier alpha value is -1.87. The third kappa shape index (κ3) is 6.50. The standard InChI is InChI=1S/C16H27N3O5S/c1-10(2)9-11(14(20)17-6)18-15(21)12-7-8-13(24-12)25(22,23)19-16(3,4)5/h7-8,10-11,19H,9H2,1-6H3,(H,17,20)(H,18,21). The largest absolute Gasteiger partial charge is 0.438 e. The molecule has 0 aromatic carbocycles. The van der Waals surface area contributed by atoms with E-state index in [1.165, 1.54) is 19.2 Å². The van der Waals surface area contributed by atoms with Crippen molar-refractivity contribution in [3.05, 3.63) is 17.9 Å². The van der Waals surface area contributed by atoms with Gasteiger partial charge in [0.2, 0.25) is 11.0 Å².